The highest BCUT2D eigenvalue weighted by Gasteiger charge is 2.06. The van der Waals surface area contributed by atoms with E-state index in [-0.39, 0.29) is 6.10 Å². The highest BCUT2D eigenvalue weighted by molar-refractivity contribution is 5.80. The maximum absolute atomic E-state index is 5.70. The van der Waals surface area contributed by atoms with Crippen LogP contribution in [0.2, 0.25) is 0 Å². The average molecular weight is 328 g/mol. The first-order chi connectivity index (χ1) is 11.6. The van der Waals surface area contributed by atoms with Gasteiger partial charge in [0.1, 0.15) is 5.75 Å². The van der Waals surface area contributed by atoms with Crippen molar-refractivity contribution >= 4 is 6.21 Å². The predicted octanol–water partition coefficient (Wildman–Crippen LogP) is 3.61. The Hall–Kier alpha value is -2.69. The van der Waals surface area contributed by atoms with Crippen molar-refractivity contribution in [2.45, 2.75) is 26.5 Å². The molecule has 24 heavy (non-hydrogen) atoms. The molecule has 0 amide bonds. The number of hydrogen-bond acceptors (Lipinski definition) is 5. The zero-order chi connectivity index (χ0) is 17.4. The van der Waals surface area contributed by atoms with Crippen LogP contribution in [0, 0.1) is 0 Å². The monoisotopic (exact) mass is 328 g/mol. The highest BCUT2D eigenvalue weighted by Crippen LogP contribution is 2.28. The van der Waals surface area contributed by atoms with Crippen LogP contribution in [0.4, 0.5) is 0 Å². The second kappa shape index (κ2) is 8.82. The third kappa shape index (κ3) is 4.91. The van der Waals surface area contributed by atoms with Gasteiger partial charge < -0.3 is 19.6 Å². The smallest absolute Gasteiger partial charge is 0.161 e. The van der Waals surface area contributed by atoms with Gasteiger partial charge in [0.05, 0.1) is 33.1 Å². The van der Waals surface area contributed by atoms with Crippen molar-refractivity contribution < 1.29 is 14.2 Å². The Balaban J connectivity index is 1.99. The number of methoxy groups -OCH3 is 2. The van der Waals surface area contributed by atoms with Gasteiger partial charge in [0.25, 0.3) is 0 Å². The Bertz CT molecular complexity index is 684. The van der Waals surface area contributed by atoms with Gasteiger partial charge in [-0.1, -0.05) is 18.2 Å². The van der Waals surface area contributed by atoms with Crippen LogP contribution in [0.1, 0.15) is 25.0 Å². The Kier molecular flexibility index (Phi) is 6.49. The average Bonchev–Trinajstić information content (AvgIpc) is 2.59. The van der Waals surface area contributed by atoms with E-state index in [1.54, 1.807) is 20.4 Å². The van der Waals surface area contributed by atoms with Crippen molar-refractivity contribution in [2.24, 2.45) is 5.10 Å². The first-order valence-corrected chi connectivity index (χ1v) is 7.86. The number of hydrazone groups is 1. The summed E-state index contributed by atoms with van der Waals surface area (Å²) < 4.78 is 16.4. The minimum Gasteiger partial charge on any atom is -0.496 e. The number of benzene rings is 2. The lowest BCUT2D eigenvalue weighted by atomic mass is 10.2. The molecule has 1 N–H and O–H groups in total. The van der Waals surface area contributed by atoms with E-state index < -0.39 is 0 Å². The molecule has 0 aromatic heterocycles. The molecule has 0 saturated carbocycles. The summed E-state index contributed by atoms with van der Waals surface area (Å²) in [6.07, 6.45) is 1.85. The van der Waals surface area contributed by atoms with E-state index in [9.17, 15) is 0 Å². The number of rotatable bonds is 8. The fraction of sp³-hybridized carbons (Fsp3) is 0.316. The van der Waals surface area contributed by atoms with Crippen LogP contribution in [0.25, 0.3) is 0 Å². The quantitative estimate of drug-likeness (QED) is 0.594. The standard InChI is InChI=1S/C19H24N2O3/c1-14(2)24-18-10-9-15(11-19(18)23-4)12-20-21-13-16-7-5-6-8-17(16)22-3/h5-12,14,21H,13H2,1-4H3/b20-12+. The molecule has 0 saturated heterocycles. The number of nitrogens with zero attached hydrogens (tertiary/aromatic N) is 1. The first kappa shape index (κ1) is 17.7. The molecular weight excluding hydrogens is 304 g/mol. The fourth-order valence-electron chi connectivity index (χ4n) is 2.22. The number of hydrogen-bond donors (Lipinski definition) is 1. The van der Waals surface area contributed by atoms with Gasteiger partial charge in [-0.25, -0.2) is 0 Å². The predicted molar refractivity (Wildman–Crippen MR) is 96.2 cm³/mol. The Morgan fingerprint density at radius 2 is 1.75 bits per heavy atom. The van der Waals surface area contributed by atoms with Crippen LogP contribution in [0.3, 0.4) is 0 Å². The molecule has 5 heteroatoms. The van der Waals surface area contributed by atoms with Crippen LogP contribution in [-0.4, -0.2) is 26.5 Å². The topological polar surface area (TPSA) is 52.1 Å². The minimum absolute atomic E-state index is 0.0981. The Morgan fingerprint density at radius 3 is 2.46 bits per heavy atom. The lowest BCUT2D eigenvalue weighted by Crippen LogP contribution is -2.08. The van der Waals surface area contributed by atoms with E-state index in [1.165, 1.54) is 0 Å². The lowest BCUT2D eigenvalue weighted by Gasteiger charge is -2.13. The molecule has 0 aliphatic heterocycles. The van der Waals surface area contributed by atoms with Gasteiger partial charge in [0.2, 0.25) is 0 Å². The van der Waals surface area contributed by atoms with Gasteiger partial charge in [0.15, 0.2) is 11.5 Å². The van der Waals surface area contributed by atoms with Crippen molar-refractivity contribution in [3.63, 3.8) is 0 Å². The van der Waals surface area contributed by atoms with Crippen molar-refractivity contribution in [2.75, 3.05) is 14.2 Å². The summed E-state index contributed by atoms with van der Waals surface area (Å²) in [5.74, 6) is 2.26. The molecular formula is C19H24N2O3. The Labute approximate surface area is 143 Å². The van der Waals surface area contributed by atoms with Crippen LogP contribution < -0.4 is 19.6 Å². The number of para-hydroxylation sites is 1. The third-order valence-electron chi connectivity index (χ3n) is 3.32. The second-order valence-corrected chi connectivity index (χ2v) is 5.48. The maximum Gasteiger partial charge on any atom is 0.161 e. The van der Waals surface area contributed by atoms with Crippen LogP contribution in [-0.2, 0) is 6.54 Å². The van der Waals surface area contributed by atoms with E-state index >= 15 is 0 Å². The molecule has 2 aromatic rings. The van der Waals surface area contributed by atoms with Gasteiger partial charge in [0, 0.05) is 5.56 Å². The molecule has 0 spiro atoms. The first-order valence-electron chi connectivity index (χ1n) is 7.86. The zero-order valence-corrected chi connectivity index (χ0v) is 14.6. The summed E-state index contributed by atoms with van der Waals surface area (Å²) in [6.45, 7) is 4.55. The molecule has 0 aliphatic carbocycles. The van der Waals surface area contributed by atoms with E-state index in [1.807, 2.05) is 56.3 Å². The van der Waals surface area contributed by atoms with Crippen molar-refractivity contribution in [3.8, 4) is 17.2 Å². The van der Waals surface area contributed by atoms with Crippen LogP contribution in [0.5, 0.6) is 17.2 Å². The summed E-state index contributed by atoms with van der Waals surface area (Å²) in [5.41, 5.74) is 5.00. The molecule has 5 nitrogen and oxygen atoms in total. The molecule has 2 rings (SSSR count). The van der Waals surface area contributed by atoms with Gasteiger partial charge >= 0.3 is 0 Å². The third-order valence-corrected chi connectivity index (χ3v) is 3.32. The number of nitrogens with one attached hydrogen (secondary N) is 1. The van der Waals surface area contributed by atoms with Crippen LogP contribution >= 0.6 is 0 Å². The molecule has 0 aliphatic rings. The van der Waals surface area contributed by atoms with E-state index in [4.69, 9.17) is 14.2 Å². The maximum atomic E-state index is 5.70. The van der Waals surface area contributed by atoms with E-state index in [0.29, 0.717) is 12.3 Å². The van der Waals surface area contributed by atoms with E-state index in [2.05, 4.69) is 10.5 Å². The second-order valence-electron chi connectivity index (χ2n) is 5.48. The van der Waals surface area contributed by atoms with Crippen molar-refractivity contribution in [1.82, 2.24) is 5.43 Å². The molecule has 0 fully saturated rings. The molecule has 0 heterocycles. The van der Waals surface area contributed by atoms with Gasteiger partial charge in [-0.3, -0.25) is 0 Å². The minimum atomic E-state index is 0.0981. The van der Waals surface area contributed by atoms with Crippen molar-refractivity contribution in [3.05, 3.63) is 53.6 Å². The lowest BCUT2D eigenvalue weighted by molar-refractivity contribution is 0.230. The summed E-state index contributed by atoms with van der Waals surface area (Å²) in [6, 6.07) is 13.6. The summed E-state index contributed by atoms with van der Waals surface area (Å²) in [4.78, 5) is 0. The largest absolute Gasteiger partial charge is 0.496 e. The van der Waals surface area contributed by atoms with Crippen LogP contribution in [0.15, 0.2) is 47.6 Å². The molecule has 0 radical (unpaired) electrons. The zero-order valence-electron chi connectivity index (χ0n) is 14.6. The fourth-order valence-corrected chi connectivity index (χ4v) is 2.22. The normalized spacial score (nSPS) is 10.9. The molecule has 0 bridgehead atoms. The molecule has 128 valence electrons. The summed E-state index contributed by atoms with van der Waals surface area (Å²) >= 11 is 0. The molecule has 0 atom stereocenters. The van der Waals surface area contributed by atoms with Gasteiger partial charge in [-0.15, -0.1) is 0 Å². The SMILES string of the molecule is COc1ccccc1CN/N=C/c1ccc(OC(C)C)c(OC)c1. The summed E-state index contributed by atoms with van der Waals surface area (Å²) in [7, 11) is 3.29. The number of ether oxygens (including phenoxy) is 3. The Morgan fingerprint density at radius 1 is 1.00 bits per heavy atom. The molecule has 0 unspecified atom stereocenters. The van der Waals surface area contributed by atoms with Gasteiger partial charge in [-0.05, 0) is 43.7 Å². The van der Waals surface area contributed by atoms with E-state index in [0.717, 1.165) is 22.6 Å². The van der Waals surface area contributed by atoms with Crippen molar-refractivity contribution in [1.29, 1.82) is 0 Å². The summed E-state index contributed by atoms with van der Waals surface area (Å²) in [5, 5.41) is 4.25. The highest BCUT2D eigenvalue weighted by atomic mass is 16.5. The molecule has 2 aromatic carbocycles. The van der Waals surface area contributed by atoms with Gasteiger partial charge in [-0.2, -0.15) is 5.10 Å².